The van der Waals surface area contributed by atoms with Crippen LogP contribution in [0.1, 0.15) is 26.7 Å². The van der Waals surface area contributed by atoms with Gasteiger partial charge in [-0.2, -0.15) is 9.98 Å². The maximum atomic E-state index is 11.1. The van der Waals surface area contributed by atoms with E-state index in [9.17, 15) is 8.42 Å². The van der Waals surface area contributed by atoms with Gasteiger partial charge in [-0.25, -0.2) is 8.42 Å². The first-order valence-electron chi connectivity index (χ1n) is 3.91. The molecule has 0 aliphatic carbocycles. The minimum Gasteiger partial charge on any atom is -0.212 e. The third-order valence-corrected chi connectivity index (χ3v) is 2.86. The van der Waals surface area contributed by atoms with E-state index < -0.39 is 16.1 Å². The molecule has 0 aromatic heterocycles. The van der Waals surface area contributed by atoms with Crippen molar-refractivity contribution in [2.24, 2.45) is 0 Å². The molecule has 0 aromatic carbocycles. The van der Waals surface area contributed by atoms with E-state index in [0.29, 0.717) is 6.42 Å². The number of rotatable bonds is 5. The smallest absolute Gasteiger partial charge is 0.212 e. The zero-order valence-corrected chi connectivity index (χ0v) is 8.19. The van der Waals surface area contributed by atoms with Crippen LogP contribution in [0.4, 0.5) is 0 Å². The highest BCUT2D eigenvalue weighted by Crippen LogP contribution is 1.94. The van der Waals surface area contributed by atoms with E-state index in [-0.39, 0.29) is 5.75 Å². The van der Waals surface area contributed by atoms with Crippen LogP contribution in [-0.2, 0) is 10.0 Å². The second kappa shape index (κ2) is 5.12. The second-order valence-electron chi connectivity index (χ2n) is 2.64. The summed E-state index contributed by atoms with van der Waals surface area (Å²) < 4.78 is 24.4. The molecule has 0 radical (unpaired) electrons. The Morgan fingerprint density at radius 2 is 2.17 bits per heavy atom. The molecule has 0 aliphatic rings. The summed E-state index contributed by atoms with van der Waals surface area (Å²) in [6.45, 7) is 3.44. The highest BCUT2D eigenvalue weighted by Gasteiger charge is 2.12. The predicted molar refractivity (Wildman–Crippen MR) is 46.9 cm³/mol. The monoisotopic (exact) mass is 190 g/mol. The molecule has 0 rings (SSSR count). The van der Waals surface area contributed by atoms with E-state index in [0.717, 1.165) is 6.42 Å². The second-order valence-corrected chi connectivity index (χ2v) is 4.51. The number of unbranched alkanes of at least 4 members (excludes halogenated alkanes) is 1. The van der Waals surface area contributed by atoms with Crippen molar-refractivity contribution in [3.8, 4) is 6.07 Å². The van der Waals surface area contributed by atoms with Crippen LogP contribution in [0.2, 0.25) is 0 Å². The average Bonchev–Trinajstić information content (AvgIpc) is 2.00. The molecule has 0 saturated heterocycles. The van der Waals surface area contributed by atoms with Gasteiger partial charge in [0.05, 0.1) is 11.8 Å². The number of nitrogens with one attached hydrogen (secondary N) is 1. The molecule has 0 bridgehead atoms. The maximum Gasteiger partial charge on any atom is 0.212 e. The number of hydrogen-bond acceptors (Lipinski definition) is 3. The Balaban J connectivity index is 3.99. The van der Waals surface area contributed by atoms with Crippen LogP contribution in [-0.4, -0.2) is 20.2 Å². The van der Waals surface area contributed by atoms with Crippen molar-refractivity contribution in [3.05, 3.63) is 0 Å². The molecule has 1 unspecified atom stereocenters. The molecule has 0 fully saturated rings. The van der Waals surface area contributed by atoms with Gasteiger partial charge in [-0.15, -0.1) is 0 Å². The standard InChI is InChI=1S/C7H14N2O2S/c1-3-4-5-12(10,11)9-7(2)6-8/h7,9H,3-5H2,1-2H3. The maximum absolute atomic E-state index is 11.1. The number of hydrogen-bond donors (Lipinski definition) is 1. The van der Waals surface area contributed by atoms with E-state index in [4.69, 9.17) is 5.26 Å². The molecule has 0 saturated carbocycles. The van der Waals surface area contributed by atoms with Gasteiger partial charge in [-0.1, -0.05) is 13.3 Å². The van der Waals surface area contributed by atoms with Gasteiger partial charge in [0.1, 0.15) is 6.04 Å². The van der Waals surface area contributed by atoms with Crippen molar-refractivity contribution < 1.29 is 8.42 Å². The van der Waals surface area contributed by atoms with Gasteiger partial charge in [0, 0.05) is 0 Å². The fourth-order valence-electron chi connectivity index (χ4n) is 0.689. The molecule has 0 amide bonds. The molecule has 0 aliphatic heterocycles. The summed E-state index contributed by atoms with van der Waals surface area (Å²) in [5, 5.41) is 8.35. The summed E-state index contributed by atoms with van der Waals surface area (Å²) in [7, 11) is -3.23. The third-order valence-electron chi connectivity index (χ3n) is 1.32. The van der Waals surface area contributed by atoms with Crippen LogP contribution in [0, 0.1) is 11.3 Å². The van der Waals surface area contributed by atoms with Gasteiger partial charge in [-0.3, -0.25) is 0 Å². The molecular weight excluding hydrogens is 176 g/mol. The van der Waals surface area contributed by atoms with Gasteiger partial charge in [0.15, 0.2) is 0 Å². The first-order chi connectivity index (χ1) is 5.52. The quantitative estimate of drug-likeness (QED) is 0.690. The highest BCUT2D eigenvalue weighted by molar-refractivity contribution is 7.89. The van der Waals surface area contributed by atoms with Crippen LogP contribution in [0.3, 0.4) is 0 Å². The Bertz CT molecular complexity index is 253. The Hall–Kier alpha value is -0.600. The molecule has 1 atom stereocenters. The molecule has 1 N–H and O–H groups in total. The summed E-state index contributed by atoms with van der Waals surface area (Å²) in [5.41, 5.74) is 0. The van der Waals surface area contributed by atoms with Crippen LogP contribution < -0.4 is 4.72 Å². The number of nitriles is 1. The lowest BCUT2D eigenvalue weighted by Gasteiger charge is -2.06. The Labute approximate surface area is 73.6 Å². The topological polar surface area (TPSA) is 70.0 Å². The zero-order chi connectivity index (χ0) is 9.61. The fraction of sp³-hybridized carbons (Fsp3) is 0.857. The van der Waals surface area contributed by atoms with Crippen molar-refractivity contribution >= 4 is 10.0 Å². The summed E-state index contributed by atoms with van der Waals surface area (Å²) >= 11 is 0. The van der Waals surface area contributed by atoms with Crippen molar-refractivity contribution in [2.45, 2.75) is 32.7 Å². The van der Waals surface area contributed by atoms with Crippen molar-refractivity contribution in [1.82, 2.24) is 4.72 Å². The van der Waals surface area contributed by atoms with E-state index in [1.165, 1.54) is 6.92 Å². The van der Waals surface area contributed by atoms with Crippen molar-refractivity contribution in [3.63, 3.8) is 0 Å². The van der Waals surface area contributed by atoms with Crippen LogP contribution in [0.25, 0.3) is 0 Å². The predicted octanol–water partition coefficient (Wildman–Crippen LogP) is 0.618. The normalized spacial score (nSPS) is 13.8. The summed E-state index contributed by atoms with van der Waals surface area (Å²) in [6, 6.07) is 1.17. The lowest BCUT2D eigenvalue weighted by Crippen LogP contribution is -2.33. The lowest BCUT2D eigenvalue weighted by molar-refractivity contribution is 0.574. The molecule has 12 heavy (non-hydrogen) atoms. The number of sulfonamides is 1. The van der Waals surface area contributed by atoms with E-state index >= 15 is 0 Å². The minimum absolute atomic E-state index is 0.107. The van der Waals surface area contributed by atoms with Crippen LogP contribution >= 0.6 is 0 Å². The van der Waals surface area contributed by atoms with Gasteiger partial charge in [-0.05, 0) is 13.3 Å². The molecule has 70 valence electrons. The highest BCUT2D eigenvalue weighted by atomic mass is 32.2. The van der Waals surface area contributed by atoms with E-state index in [1.807, 2.05) is 13.0 Å². The SMILES string of the molecule is CCCCS(=O)(=O)NC(C)C#N. The van der Waals surface area contributed by atoms with Crippen LogP contribution in [0.5, 0.6) is 0 Å². The Kier molecular flexibility index (Phi) is 4.86. The molecule has 0 spiro atoms. The van der Waals surface area contributed by atoms with E-state index in [2.05, 4.69) is 4.72 Å². The zero-order valence-electron chi connectivity index (χ0n) is 7.37. The van der Waals surface area contributed by atoms with Gasteiger partial charge in [0.25, 0.3) is 0 Å². The molecule has 0 aromatic rings. The first kappa shape index (κ1) is 11.4. The lowest BCUT2D eigenvalue weighted by atomic mass is 10.4. The number of nitrogens with zero attached hydrogens (tertiary/aromatic N) is 1. The van der Waals surface area contributed by atoms with Crippen molar-refractivity contribution in [1.29, 1.82) is 5.26 Å². The largest absolute Gasteiger partial charge is 0.212 e. The first-order valence-corrected chi connectivity index (χ1v) is 5.56. The molecule has 4 nitrogen and oxygen atoms in total. The summed E-state index contributed by atoms with van der Waals surface area (Å²) in [5.74, 6) is 0.107. The molecular formula is C7H14N2O2S. The Morgan fingerprint density at radius 3 is 2.58 bits per heavy atom. The minimum atomic E-state index is -3.23. The summed E-state index contributed by atoms with van der Waals surface area (Å²) in [4.78, 5) is 0. The van der Waals surface area contributed by atoms with Gasteiger partial charge >= 0.3 is 0 Å². The third kappa shape index (κ3) is 5.10. The van der Waals surface area contributed by atoms with E-state index in [1.54, 1.807) is 0 Å². The van der Waals surface area contributed by atoms with Gasteiger partial charge in [0.2, 0.25) is 10.0 Å². The average molecular weight is 190 g/mol. The molecule has 5 heteroatoms. The summed E-state index contributed by atoms with van der Waals surface area (Å²) in [6.07, 6.45) is 1.47. The van der Waals surface area contributed by atoms with Crippen molar-refractivity contribution in [2.75, 3.05) is 5.75 Å². The fourth-order valence-corrected chi connectivity index (χ4v) is 2.07. The Morgan fingerprint density at radius 1 is 1.58 bits per heavy atom. The molecule has 0 heterocycles. The van der Waals surface area contributed by atoms with Crippen LogP contribution in [0.15, 0.2) is 0 Å². The van der Waals surface area contributed by atoms with Gasteiger partial charge < -0.3 is 0 Å².